The molecule has 0 amide bonds. The predicted molar refractivity (Wildman–Crippen MR) is 84.9 cm³/mol. The molecule has 0 bridgehead atoms. The Bertz CT molecular complexity index is 566. The van der Waals surface area contributed by atoms with Gasteiger partial charge < -0.3 is 15.4 Å². The van der Waals surface area contributed by atoms with E-state index in [-0.39, 0.29) is 6.04 Å². The molecule has 0 aromatic heterocycles. The van der Waals surface area contributed by atoms with E-state index in [2.05, 4.69) is 42.3 Å². The number of para-hydroxylation sites is 1. The number of nitrogens with zero attached hydrogens (tertiary/aromatic N) is 1. The summed E-state index contributed by atoms with van der Waals surface area (Å²) >= 11 is 0. The monoisotopic (exact) mass is 270 g/mol. The summed E-state index contributed by atoms with van der Waals surface area (Å²) in [7, 11) is 3.75. The molecule has 0 saturated heterocycles. The molecule has 0 spiro atoms. The Labute approximate surface area is 121 Å². The molecule has 106 valence electrons. The number of ether oxygens (including phenoxy) is 1. The lowest BCUT2D eigenvalue weighted by atomic mass is 10.0. The molecule has 0 heterocycles. The summed E-state index contributed by atoms with van der Waals surface area (Å²) in [4.78, 5) is 2.17. The van der Waals surface area contributed by atoms with Gasteiger partial charge in [-0.15, -0.1) is 0 Å². The molecule has 2 rings (SSSR count). The molecule has 3 nitrogen and oxygen atoms in total. The highest BCUT2D eigenvalue weighted by molar-refractivity contribution is 5.67. The van der Waals surface area contributed by atoms with E-state index in [0.29, 0.717) is 0 Å². The van der Waals surface area contributed by atoms with Gasteiger partial charge in [0.2, 0.25) is 0 Å². The summed E-state index contributed by atoms with van der Waals surface area (Å²) in [5.41, 5.74) is 9.47. The maximum atomic E-state index is 5.94. The van der Waals surface area contributed by atoms with Gasteiger partial charge in [-0.05, 0) is 37.1 Å². The Balaban J connectivity index is 2.34. The van der Waals surface area contributed by atoms with Crippen LogP contribution in [0.4, 0.5) is 11.4 Å². The van der Waals surface area contributed by atoms with E-state index in [1.165, 1.54) is 11.3 Å². The van der Waals surface area contributed by atoms with Crippen LogP contribution in [0.2, 0.25) is 0 Å². The second-order valence-corrected chi connectivity index (χ2v) is 5.07. The quantitative estimate of drug-likeness (QED) is 0.905. The van der Waals surface area contributed by atoms with Crippen LogP contribution < -0.4 is 15.4 Å². The number of hydrogen-bond donors (Lipinski definition) is 1. The fraction of sp³-hybridized carbons (Fsp3) is 0.294. The molecule has 2 aromatic rings. The third kappa shape index (κ3) is 3.31. The highest BCUT2D eigenvalue weighted by Crippen LogP contribution is 2.29. The van der Waals surface area contributed by atoms with Crippen LogP contribution in [0, 0.1) is 0 Å². The van der Waals surface area contributed by atoms with Gasteiger partial charge in [0.25, 0.3) is 0 Å². The van der Waals surface area contributed by atoms with Crippen molar-refractivity contribution < 1.29 is 4.74 Å². The van der Waals surface area contributed by atoms with Gasteiger partial charge in [-0.2, -0.15) is 0 Å². The van der Waals surface area contributed by atoms with Crippen LogP contribution >= 0.6 is 0 Å². The van der Waals surface area contributed by atoms with Crippen LogP contribution in [0.15, 0.2) is 48.5 Å². The van der Waals surface area contributed by atoms with Crippen molar-refractivity contribution in [3.63, 3.8) is 0 Å². The summed E-state index contributed by atoms with van der Waals surface area (Å²) in [5.74, 6) is 0.860. The molecule has 0 aliphatic heterocycles. The minimum atomic E-state index is 0.148. The van der Waals surface area contributed by atoms with Crippen molar-refractivity contribution in [2.24, 2.45) is 5.73 Å². The summed E-state index contributed by atoms with van der Waals surface area (Å²) in [6.07, 6.45) is 0.866. The molecule has 1 atom stereocenters. The number of hydrogen-bond acceptors (Lipinski definition) is 3. The lowest BCUT2D eigenvalue weighted by molar-refractivity contribution is 0.415. The summed E-state index contributed by atoms with van der Waals surface area (Å²) in [6, 6.07) is 16.6. The summed E-state index contributed by atoms with van der Waals surface area (Å²) in [5, 5.41) is 0. The Kier molecular flexibility index (Phi) is 4.64. The van der Waals surface area contributed by atoms with Crippen LogP contribution in [0.1, 0.15) is 12.5 Å². The molecule has 1 unspecified atom stereocenters. The van der Waals surface area contributed by atoms with E-state index < -0.39 is 0 Å². The average molecular weight is 270 g/mol. The van der Waals surface area contributed by atoms with E-state index in [9.17, 15) is 0 Å². The fourth-order valence-corrected chi connectivity index (χ4v) is 2.32. The maximum absolute atomic E-state index is 5.94. The van der Waals surface area contributed by atoms with E-state index in [1.54, 1.807) is 7.11 Å². The van der Waals surface area contributed by atoms with Crippen molar-refractivity contribution in [3.8, 4) is 5.75 Å². The van der Waals surface area contributed by atoms with Gasteiger partial charge in [0.1, 0.15) is 5.75 Å². The van der Waals surface area contributed by atoms with Gasteiger partial charge in [0, 0.05) is 30.5 Å². The first-order valence-corrected chi connectivity index (χ1v) is 6.83. The molecule has 0 saturated carbocycles. The predicted octanol–water partition coefficient (Wildman–Crippen LogP) is 3.35. The third-order valence-corrected chi connectivity index (χ3v) is 3.34. The first kappa shape index (κ1) is 14.4. The standard InChI is InChI=1S/C17H22N2O/c1-13(18)11-14-7-4-5-10-17(14)19(2)15-8-6-9-16(12-15)20-3/h4-10,12-13H,11,18H2,1-3H3. The lowest BCUT2D eigenvalue weighted by Crippen LogP contribution is -2.20. The van der Waals surface area contributed by atoms with E-state index in [0.717, 1.165) is 17.9 Å². The highest BCUT2D eigenvalue weighted by Gasteiger charge is 2.10. The molecule has 0 aliphatic rings. The fourth-order valence-electron chi connectivity index (χ4n) is 2.32. The van der Waals surface area contributed by atoms with E-state index >= 15 is 0 Å². The van der Waals surface area contributed by atoms with Crippen LogP contribution in [-0.2, 0) is 6.42 Å². The molecule has 0 fully saturated rings. The zero-order chi connectivity index (χ0) is 14.5. The van der Waals surface area contributed by atoms with Crippen LogP contribution in [0.5, 0.6) is 5.75 Å². The van der Waals surface area contributed by atoms with Gasteiger partial charge in [0.05, 0.1) is 7.11 Å². The largest absolute Gasteiger partial charge is 0.497 e. The van der Waals surface area contributed by atoms with Gasteiger partial charge in [-0.25, -0.2) is 0 Å². The second kappa shape index (κ2) is 6.44. The normalized spacial score (nSPS) is 12.0. The zero-order valence-corrected chi connectivity index (χ0v) is 12.3. The Morgan fingerprint density at radius 3 is 2.60 bits per heavy atom. The van der Waals surface area contributed by atoms with Gasteiger partial charge >= 0.3 is 0 Å². The average Bonchev–Trinajstić information content (AvgIpc) is 2.46. The smallest absolute Gasteiger partial charge is 0.120 e. The summed E-state index contributed by atoms with van der Waals surface area (Å²) < 4.78 is 5.29. The number of methoxy groups -OCH3 is 1. The molecule has 3 heteroatoms. The Hall–Kier alpha value is -2.00. The van der Waals surface area contributed by atoms with Crippen molar-refractivity contribution >= 4 is 11.4 Å². The molecule has 2 N–H and O–H groups in total. The van der Waals surface area contributed by atoms with Crippen molar-refractivity contribution in [2.45, 2.75) is 19.4 Å². The molecular weight excluding hydrogens is 248 g/mol. The molecular formula is C17H22N2O. The van der Waals surface area contributed by atoms with Crippen molar-refractivity contribution in [2.75, 3.05) is 19.1 Å². The minimum absolute atomic E-state index is 0.148. The number of benzene rings is 2. The topological polar surface area (TPSA) is 38.5 Å². The highest BCUT2D eigenvalue weighted by atomic mass is 16.5. The first-order valence-electron chi connectivity index (χ1n) is 6.83. The van der Waals surface area contributed by atoms with E-state index in [1.807, 2.05) is 25.1 Å². The zero-order valence-electron chi connectivity index (χ0n) is 12.3. The Morgan fingerprint density at radius 1 is 1.15 bits per heavy atom. The number of nitrogens with two attached hydrogens (primary N) is 1. The Morgan fingerprint density at radius 2 is 1.90 bits per heavy atom. The van der Waals surface area contributed by atoms with Crippen molar-refractivity contribution in [3.05, 3.63) is 54.1 Å². The van der Waals surface area contributed by atoms with Crippen LogP contribution in [0.25, 0.3) is 0 Å². The van der Waals surface area contributed by atoms with Gasteiger partial charge in [-0.3, -0.25) is 0 Å². The minimum Gasteiger partial charge on any atom is -0.497 e. The first-order chi connectivity index (χ1) is 9.61. The summed E-state index contributed by atoms with van der Waals surface area (Å²) in [6.45, 7) is 2.03. The van der Waals surface area contributed by atoms with Crippen LogP contribution in [0.3, 0.4) is 0 Å². The molecule has 0 aliphatic carbocycles. The van der Waals surface area contributed by atoms with Crippen molar-refractivity contribution in [1.82, 2.24) is 0 Å². The van der Waals surface area contributed by atoms with Crippen LogP contribution in [-0.4, -0.2) is 20.2 Å². The number of rotatable bonds is 5. The molecule has 2 aromatic carbocycles. The van der Waals surface area contributed by atoms with E-state index in [4.69, 9.17) is 10.5 Å². The molecule has 20 heavy (non-hydrogen) atoms. The maximum Gasteiger partial charge on any atom is 0.120 e. The van der Waals surface area contributed by atoms with Gasteiger partial charge in [0.15, 0.2) is 0 Å². The molecule has 0 radical (unpaired) electrons. The third-order valence-electron chi connectivity index (χ3n) is 3.34. The van der Waals surface area contributed by atoms with Crippen molar-refractivity contribution in [1.29, 1.82) is 0 Å². The second-order valence-electron chi connectivity index (χ2n) is 5.07. The SMILES string of the molecule is COc1cccc(N(C)c2ccccc2CC(C)N)c1. The van der Waals surface area contributed by atoms with Gasteiger partial charge in [-0.1, -0.05) is 24.3 Å². The number of anilines is 2. The lowest BCUT2D eigenvalue weighted by Gasteiger charge is -2.23.